The van der Waals surface area contributed by atoms with E-state index in [0.717, 1.165) is 14.8 Å². The highest BCUT2D eigenvalue weighted by atomic mass is 35.5. The van der Waals surface area contributed by atoms with Crippen LogP contribution in [0.15, 0.2) is 30.3 Å². The maximum absolute atomic E-state index is 13.9. The Hall–Kier alpha value is -1.10. The predicted octanol–water partition coefficient (Wildman–Crippen LogP) is 3.64. The van der Waals surface area contributed by atoms with Crippen molar-refractivity contribution < 1.29 is 4.39 Å². The van der Waals surface area contributed by atoms with Gasteiger partial charge in [0, 0.05) is 18.5 Å². The number of para-hydroxylation sites is 1. The molecule has 0 amide bonds. The average Bonchev–Trinajstić information content (AvgIpc) is 2.74. The van der Waals surface area contributed by atoms with E-state index in [-0.39, 0.29) is 5.82 Å². The van der Waals surface area contributed by atoms with Gasteiger partial charge >= 0.3 is 0 Å². The number of benzene rings is 1. The number of hydrogen-bond donors (Lipinski definition) is 1. The molecule has 5 heteroatoms. The molecule has 2 nitrogen and oxygen atoms in total. The molecule has 0 aliphatic carbocycles. The summed E-state index contributed by atoms with van der Waals surface area (Å²) in [7, 11) is 1.85. The molecule has 0 saturated heterocycles. The highest BCUT2D eigenvalue weighted by Gasteiger charge is 2.13. The van der Waals surface area contributed by atoms with Gasteiger partial charge in [0.1, 0.15) is 5.82 Å². The summed E-state index contributed by atoms with van der Waals surface area (Å²) in [6.07, 6.45) is 0. The van der Waals surface area contributed by atoms with E-state index < -0.39 is 0 Å². The highest BCUT2D eigenvalue weighted by Crippen LogP contribution is 2.27. The van der Waals surface area contributed by atoms with Crippen LogP contribution in [0.5, 0.6) is 0 Å². The zero-order valence-corrected chi connectivity index (χ0v) is 11.6. The Morgan fingerprint density at radius 3 is 2.72 bits per heavy atom. The average molecular weight is 285 g/mol. The molecule has 0 aliphatic rings. The Morgan fingerprint density at radius 2 is 2.11 bits per heavy atom. The zero-order chi connectivity index (χ0) is 13.1. The molecule has 2 N–H and O–H groups in total. The van der Waals surface area contributed by atoms with E-state index >= 15 is 0 Å². The molecule has 96 valence electrons. The van der Waals surface area contributed by atoms with Crippen molar-refractivity contribution in [3.8, 4) is 0 Å². The van der Waals surface area contributed by atoms with Gasteiger partial charge in [-0.25, -0.2) is 4.39 Å². The van der Waals surface area contributed by atoms with Crippen LogP contribution in [0.25, 0.3) is 0 Å². The summed E-state index contributed by atoms with van der Waals surface area (Å²) in [5.41, 5.74) is 7.01. The van der Waals surface area contributed by atoms with Crippen molar-refractivity contribution in [2.24, 2.45) is 5.73 Å². The van der Waals surface area contributed by atoms with Gasteiger partial charge in [0.15, 0.2) is 0 Å². The lowest BCUT2D eigenvalue weighted by Crippen LogP contribution is -2.19. The molecule has 0 spiro atoms. The molecule has 0 fully saturated rings. The van der Waals surface area contributed by atoms with Gasteiger partial charge in [-0.2, -0.15) is 0 Å². The Bertz CT molecular complexity index is 542. The third-order valence-corrected chi connectivity index (χ3v) is 3.91. The monoisotopic (exact) mass is 284 g/mol. The first-order valence-electron chi connectivity index (χ1n) is 5.54. The standard InChI is InChI=1S/C13H14ClFN2S/c1-17(8-10-5-6-12(14)18-10)13-9(7-16)3-2-4-11(13)15/h2-6H,7-8,16H2,1H3. The SMILES string of the molecule is CN(Cc1ccc(Cl)s1)c1c(F)cccc1CN. The minimum Gasteiger partial charge on any atom is -0.367 e. The van der Waals surface area contributed by atoms with E-state index in [1.165, 1.54) is 17.4 Å². The van der Waals surface area contributed by atoms with Crippen LogP contribution in [0.2, 0.25) is 4.34 Å². The number of thiophene rings is 1. The summed E-state index contributed by atoms with van der Waals surface area (Å²) in [5, 5.41) is 0. The molecule has 1 aromatic carbocycles. The van der Waals surface area contributed by atoms with E-state index in [4.69, 9.17) is 17.3 Å². The summed E-state index contributed by atoms with van der Waals surface area (Å²) in [4.78, 5) is 2.95. The quantitative estimate of drug-likeness (QED) is 0.929. The lowest BCUT2D eigenvalue weighted by Gasteiger charge is -2.22. The zero-order valence-electron chi connectivity index (χ0n) is 9.99. The second-order valence-electron chi connectivity index (χ2n) is 4.01. The first kappa shape index (κ1) is 13.3. The Balaban J connectivity index is 2.25. The van der Waals surface area contributed by atoms with Gasteiger partial charge in [0.2, 0.25) is 0 Å². The van der Waals surface area contributed by atoms with Gasteiger partial charge in [-0.3, -0.25) is 0 Å². The van der Waals surface area contributed by atoms with Gasteiger partial charge in [-0.15, -0.1) is 11.3 Å². The number of rotatable bonds is 4. The second kappa shape index (κ2) is 5.69. The topological polar surface area (TPSA) is 29.3 Å². The van der Waals surface area contributed by atoms with Gasteiger partial charge in [-0.1, -0.05) is 23.7 Å². The largest absolute Gasteiger partial charge is 0.367 e. The lowest BCUT2D eigenvalue weighted by molar-refractivity contribution is 0.620. The number of anilines is 1. The van der Waals surface area contributed by atoms with Crippen molar-refractivity contribution in [3.63, 3.8) is 0 Å². The number of nitrogens with zero attached hydrogens (tertiary/aromatic N) is 1. The van der Waals surface area contributed by atoms with Crippen LogP contribution in [0.4, 0.5) is 10.1 Å². The lowest BCUT2D eigenvalue weighted by atomic mass is 10.1. The molecule has 0 bridgehead atoms. The van der Waals surface area contributed by atoms with Crippen molar-refractivity contribution in [1.82, 2.24) is 0 Å². The van der Waals surface area contributed by atoms with E-state index in [9.17, 15) is 4.39 Å². The predicted molar refractivity (Wildman–Crippen MR) is 75.7 cm³/mol. The molecule has 1 heterocycles. The maximum atomic E-state index is 13.9. The molecular formula is C13H14ClFN2S. The fraction of sp³-hybridized carbons (Fsp3) is 0.231. The minimum absolute atomic E-state index is 0.247. The van der Waals surface area contributed by atoms with Crippen LogP contribution in [0.1, 0.15) is 10.4 Å². The number of hydrogen-bond acceptors (Lipinski definition) is 3. The molecule has 0 radical (unpaired) electrons. The molecule has 1 aromatic heterocycles. The van der Waals surface area contributed by atoms with Crippen molar-refractivity contribution in [2.75, 3.05) is 11.9 Å². The van der Waals surface area contributed by atoms with Crippen molar-refractivity contribution in [3.05, 3.63) is 50.9 Å². The van der Waals surface area contributed by atoms with Gasteiger partial charge in [0.05, 0.1) is 16.6 Å². The Morgan fingerprint density at radius 1 is 1.33 bits per heavy atom. The molecular weight excluding hydrogens is 271 g/mol. The molecule has 2 rings (SSSR count). The van der Waals surface area contributed by atoms with Crippen LogP contribution in [-0.2, 0) is 13.1 Å². The van der Waals surface area contributed by atoms with Crippen molar-refractivity contribution >= 4 is 28.6 Å². The van der Waals surface area contributed by atoms with E-state index in [1.807, 2.05) is 30.1 Å². The Labute approximate surface area is 115 Å². The van der Waals surface area contributed by atoms with Gasteiger partial charge < -0.3 is 10.6 Å². The first-order chi connectivity index (χ1) is 8.61. The third-order valence-electron chi connectivity index (χ3n) is 2.69. The molecule has 0 saturated carbocycles. The molecule has 0 unspecified atom stereocenters. The van der Waals surface area contributed by atoms with Crippen LogP contribution >= 0.6 is 22.9 Å². The van der Waals surface area contributed by atoms with Crippen LogP contribution < -0.4 is 10.6 Å². The van der Waals surface area contributed by atoms with Crippen LogP contribution in [-0.4, -0.2) is 7.05 Å². The number of nitrogens with two attached hydrogens (primary N) is 1. The Kier molecular flexibility index (Phi) is 4.22. The minimum atomic E-state index is -0.247. The van der Waals surface area contributed by atoms with E-state index in [1.54, 1.807) is 6.07 Å². The summed E-state index contributed by atoms with van der Waals surface area (Å²) < 4.78 is 14.6. The molecule has 2 aromatic rings. The fourth-order valence-corrected chi connectivity index (χ4v) is 3.04. The van der Waals surface area contributed by atoms with Crippen molar-refractivity contribution in [2.45, 2.75) is 13.1 Å². The summed E-state index contributed by atoms with van der Waals surface area (Å²) in [5.74, 6) is -0.247. The first-order valence-corrected chi connectivity index (χ1v) is 6.74. The summed E-state index contributed by atoms with van der Waals surface area (Å²) in [6.45, 7) is 0.938. The van der Waals surface area contributed by atoms with E-state index in [0.29, 0.717) is 18.8 Å². The smallest absolute Gasteiger partial charge is 0.146 e. The number of halogens is 2. The fourth-order valence-electron chi connectivity index (χ4n) is 1.90. The second-order valence-corrected chi connectivity index (χ2v) is 5.81. The van der Waals surface area contributed by atoms with Gasteiger partial charge in [0.25, 0.3) is 0 Å². The summed E-state index contributed by atoms with van der Waals surface area (Å²) >= 11 is 7.39. The molecule has 0 atom stereocenters. The van der Waals surface area contributed by atoms with Crippen molar-refractivity contribution in [1.29, 1.82) is 0 Å². The maximum Gasteiger partial charge on any atom is 0.146 e. The van der Waals surface area contributed by atoms with E-state index in [2.05, 4.69) is 0 Å². The summed E-state index contributed by atoms with van der Waals surface area (Å²) in [6, 6.07) is 8.77. The van der Waals surface area contributed by atoms with Gasteiger partial charge in [-0.05, 0) is 23.8 Å². The third kappa shape index (κ3) is 2.83. The van der Waals surface area contributed by atoms with Crippen LogP contribution in [0.3, 0.4) is 0 Å². The normalized spacial score (nSPS) is 10.7. The molecule has 18 heavy (non-hydrogen) atoms. The highest BCUT2D eigenvalue weighted by molar-refractivity contribution is 7.16. The van der Waals surface area contributed by atoms with Crippen LogP contribution in [0, 0.1) is 5.82 Å². The molecule has 0 aliphatic heterocycles.